The quantitative estimate of drug-likeness (QED) is 0.607. The van der Waals surface area contributed by atoms with Crippen molar-refractivity contribution in [3.05, 3.63) is 17.7 Å². The molecule has 5 heteroatoms. The van der Waals surface area contributed by atoms with Gasteiger partial charge in [0.15, 0.2) is 0 Å². The third kappa shape index (κ3) is 0.827. The van der Waals surface area contributed by atoms with Gasteiger partial charge in [-0.15, -0.1) is 5.10 Å². The van der Waals surface area contributed by atoms with Gasteiger partial charge in [0.2, 0.25) is 5.95 Å². The fraction of sp³-hybridized carbons (Fsp3) is 0.286. The fourth-order valence-electron chi connectivity index (χ4n) is 1.18. The molecule has 2 aromatic heterocycles. The van der Waals surface area contributed by atoms with E-state index in [-0.39, 0.29) is 0 Å². The standard InChI is InChI=1S/C7H9N5/c1-4-6-3-9-7(8)12(6)11-5(2)10-4/h3H,1-2H3,(H2,8,9). The molecule has 2 rings (SSSR count). The number of imidazole rings is 1. The van der Waals surface area contributed by atoms with Crippen LogP contribution in [-0.4, -0.2) is 19.6 Å². The smallest absolute Gasteiger partial charge is 0.221 e. The van der Waals surface area contributed by atoms with Crippen LogP contribution in [0.3, 0.4) is 0 Å². The highest BCUT2D eigenvalue weighted by Gasteiger charge is 2.04. The zero-order valence-electron chi connectivity index (χ0n) is 6.94. The average Bonchev–Trinajstić information content (AvgIpc) is 2.33. The number of rotatable bonds is 0. The first-order chi connectivity index (χ1) is 5.68. The third-order valence-electron chi connectivity index (χ3n) is 1.71. The van der Waals surface area contributed by atoms with Gasteiger partial charge in [-0.1, -0.05) is 0 Å². The van der Waals surface area contributed by atoms with Crippen LogP contribution in [-0.2, 0) is 0 Å². The molecule has 12 heavy (non-hydrogen) atoms. The fourth-order valence-corrected chi connectivity index (χ4v) is 1.18. The molecule has 5 nitrogen and oxygen atoms in total. The van der Waals surface area contributed by atoms with Crippen molar-refractivity contribution in [3.8, 4) is 0 Å². The van der Waals surface area contributed by atoms with Gasteiger partial charge in [0.1, 0.15) is 11.3 Å². The molecule has 0 saturated carbocycles. The van der Waals surface area contributed by atoms with Crippen LogP contribution in [0, 0.1) is 13.8 Å². The summed E-state index contributed by atoms with van der Waals surface area (Å²) in [7, 11) is 0. The Labute approximate surface area is 69.2 Å². The van der Waals surface area contributed by atoms with Gasteiger partial charge in [-0.2, -0.15) is 4.52 Å². The summed E-state index contributed by atoms with van der Waals surface area (Å²) in [6.07, 6.45) is 1.67. The summed E-state index contributed by atoms with van der Waals surface area (Å²) in [6, 6.07) is 0. The van der Waals surface area contributed by atoms with Crippen LogP contribution in [0.5, 0.6) is 0 Å². The van der Waals surface area contributed by atoms with E-state index in [9.17, 15) is 0 Å². The third-order valence-corrected chi connectivity index (χ3v) is 1.71. The van der Waals surface area contributed by atoms with Gasteiger partial charge in [0.05, 0.1) is 11.9 Å². The number of nitrogens with two attached hydrogens (primary N) is 1. The second-order valence-corrected chi connectivity index (χ2v) is 2.66. The van der Waals surface area contributed by atoms with Gasteiger partial charge >= 0.3 is 0 Å². The molecule has 0 unspecified atom stereocenters. The number of hydrogen-bond acceptors (Lipinski definition) is 4. The van der Waals surface area contributed by atoms with Crippen molar-refractivity contribution in [2.75, 3.05) is 5.73 Å². The maximum atomic E-state index is 5.58. The normalized spacial score (nSPS) is 10.8. The molecule has 2 N–H and O–H groups in total. The Kier molecular flexibility index (Phi) is 1.27. The number of nitrogens with zero attached hydrogens (tertiary/aromatic N) is 4. The highest BCUT2D eigenvalue weighted by atomic mass is 15.3. The summed E-state index contributed by atoms with van der Waals surface area (Å²) in [4.78, 5) is 8.12. The number of hydrogen-bond donors (Lipinski definition) is 1. The minimum absolute atomic E-state index is 0.401. The highest BCUT2D eigenvalue weighted by molar-refractivity contribution is 5.52. The molecule has 0 radical (unpaired) electrons. The lowest BCUT2D eigenvalue weighted by Crippen LogP contribution is -2.03. The van der Waals surface area contributed by atoms with Crippen molar-refractivity contribution >= 4 is 11.5 Å². The molecule has 0 bridgehead atoms. The minimum atomic E-state index is 0.401. The number of aromatic nitrogens is 4. The second-order valence-electron chi connectivity index (χ2n) is 2.66. The van der Waals surface area contributed by atoms with E-state index in [2.05, 4.69) is 15.1 Å². The van der Waals surface area contributed by atoms with Crippen molar-refractivity contribution in [2.24, 2.45) is 0 Å². The molecule has 2 heterocycles. The molecule has 0 atom stereocenters. The number of fused-ring (bicyclic) bond motifs is 1. The van der Waals surface area contributed by atoms with Crippen molar-refractivity contribution < 1.29 is 0 Å². The van der Waals surface area contributed by atoms with E-state index in [1.54, 1.807) is 10.7 Å². The molecular formula is C7H9N5. The summed E-state index contributed by atoms with van der Waals surface area (Å²) < 4.78 is 1.59. The molecule has 0 saturated heterocycles. The lowest BCUT2D eigenvalue weighted by atomic mass is 10.4. The molecule has 0 spiro atoms. The van der Waals surface area contributed by atoms with Crippen LogP contribution in [0.25, 0.3) is 5.52 Å². The molecule has 2 aromatic rings. The molecule has 0 aliphatic heterocycles. The van der Waals surface area contributed by atoms with Crippen LogP contribution >= 0.6 is 0 Å². The molecule has 0 fully saturated rings. The Hall–Kier alpha value is -1.65. The van der Waals surface area contributed by atoms with Crippen molar-refractivity contribution in [1.29, 1.82) is 0 Å². The van der Waals surface area contributed by atoms with E-state index in [1.807, 2.05) is 13.8 Å². The summed E-state index contributed by atoms with van der Waals surface area (Å²) in [5.74, 6) is 1.10. The highest BCUT2D eigenvalue weighted by Crippen LogP contribution is 2.09. The Bertz CT molecular complexity index is 431. The molecule has 0 aliphatic carbocycles. The first-order valence-electron chi connectivity index (χ1n) is 3.63. The van der Waals surface area contributed by atoms with Gasteiger partial charge < -0.3 is 5.73 Å². The van der Waals surface area contributed by atoms with Crippen molar-refractivity contribution in [3.63, 3.8) is 0 Å². The lowest BCUT2D eigenvalue weighted by Gasteiger charge is -1.98. The lowest BCUT2D eigenvalue weighted by molar-refractivity contribution is 0.844. The Morgan fingerprint density at radius 3 is 2.92 bits per heavy atom. The maximum absolute atomic E-state index is 5.58. The van der Waals surface area contributed by atoms with Gasteiger partial charge in [-0.25, -0.2) is 9.97 Å². The Balaban J connectivity index is 2.92. The number of nitrogen functional groups attached to an aromatic ring is 1. The second kappa shape index (κ2) is 2.17. The van der Waals surface area contributed by atoms with E-state index >= 15 is 0 Å². The SMILES string of the molecule is Cc1nc(C)c2cnc(N)n2n1. The monoisotopic (exact) mass is 163 g/mol. The topological polar surface area (TPSA) is 69.1 Å². The van der Waals surface area contributed by atoms with E-state index in [0.29, 0.717) is 11.8 Å². The van der Waals surface area contributed by atoms with Crippen LogP contribution in [0.15, 0.2) is 6.20 Å². The van der Waals surface area contributed by atoms with Gasteiger partial charge in [0.25, 0.3) is 0 Å². The Morgan fingerprint density at radius 1 is 1.42 bits per heavy atom. The number of anilines is 1. The number of aryl methyl sites for hydroxylation is 2. The minimum Gasteiger partial charge on any atom is -0.368 e. The van der Waals surface area contributed by atoms with Gasteiger partial charge in [0, 0.05) is 0 Å². The van der Waals surface area contributed by atoms with Crippen LogP contribution in [0.4, 0.5) is 5.95 Å². The van der Waals surface area contributed by atoms with Crippen LogP contribution in [0.2, 0.25) is 0 Å². The molecule has 62 valence electrons. The molecule has 0 aromatic carbocycles. The Morgan fingerprint density at radius 2 is 2.17 bits per heavy atom. The molecule has 0 amide bonds. The predicted octanol–water partition coefficient (Wildman–Crippen LogP) is 0.323. The van der Waals surface area contributed by atoms with Gasteiger partial charge in [-0.3, -0.25) is 0 Å². The molecular weight excluding hydrogens is 154 g/mol. The first-order valence-corrected chi connectivity index (χ1v) is 3.63. The van der Waals surface area contributed by atoms with E-state index in [4.69, 9.17) is 5.73 Å². The zero-order chi connectivity index (χ0) is 8.72. The van der Waals surface area contributed by atoms with Gasteiger partial charge in [-0.05, 0) is 13.8 Å². The summed E-state index contributed by atoms with van der Waals surface area (Å²) >= 11 is 0. The summed E-state index contributed by atoms with van der Waals surface area (Å²) in [5, 5.41) is 4.11. The van der Waals surface area contributed by atoms with Crippen molar-refractivity contribution in [1.82, 2.24) is 19.6 Å². The largest absolute Gasteiger partial charge is 0.368 e. The van der Waals surface area contributed by atoms with Crippen LogP contribution < -0.4 is 5.73 Å². The zero-order valence-corrected chi connectivity index (χ0v) is 6.94. The van der Waals surface area contributed by atoms with E-state index < -0.39 is 0 Å². The summed E-state index contributed by atoms with van der Waals surface area (Å²) in [5.41, 5.74) is 7.33. The summed E-state index contributed by atoms with van der Waals surface area (Å²) in [6.45, 7) is 3.73. The van der Waals surface area contributed by atoms with E-state index in [0.717, 1.165) is 11.2 Å². The maximum Gasteiger partial charge on any atom is 0.221 e. The van der Waals surface area contributed by atoms with E-state index in [1.165, 1.54) is 0 Å². The van der Waals surface area contributed by atoms with Crippen molar-refractivity contribution in [2.45, 2.75) is 13.8 Å². The molecule has 0 aliphatic rings. The first kappa shape index (κ1) is 7.02. The van der Waals surface area contributed by atoms with Crippen LogP contribution in [0.1, 0.15) is 11.5 Å². The average molecular weight is 163 g/mol. The predicted molar refractivity (Wildman–Crippen MR) is 44.7 cm³/mol.